The van der Waals surface area contributed by atoms with E-state index in [4.69, 9.17) is 5.11 Å². The summed E-state index contributed by atoms with van der Waals surface area (Å²) in [7, 11) is 0. The highest BCUT2D eigenvalue weighted by atomic mass is 16.3. The number of hydrogen-bond donors (Lipinski definition) is 1. The maximum Gasteiger partial charge on any atom is 0.220 e. The molecule has 0 aliphatic rings. The van der Waals surface area contributed by atoms with E-state index in [1.165, 1.54) is 0 Å². The van der Waals surface area contributed by atoms with Gasteiger partial charge < -0.3 is 14.7 Å². The summed E-state index contributed by atoms with van der Waals surface area (Å²) in [5.41, 5.74) is 0. The first-order chi connectivity index (χ1) is 5.72. The molecule has 0 spiro atoms. The molecule has 5 heteroatoms. The fourth-order valence-corrected chi connectivity index (χ4v) is 0.173. The lowest BCUT2D eigenvalue weighted by Gasteiger charge is -1.71. The minimum atomic E-state index is -0.782. The van der Waals surface area contributed by atoms with E-state index in [-0.39, 0.29) is 6.29 Å². The Bertz CT molecular complexity index is 144. The molecule has 0 atom stereocenters. The van der Waals surface area contributed by atoms with Crippen molar-refractivity contribution in [2.24, 2.45) is 0 Å². The first-order valence-electron chi connectivity index (χ1n) is 3.19. The van der Waals surface area contributed by atoms with Crippen molar-refractivity contribution in [3.63, 3.8) is 0 Å². The molecule has 0 saturated heterocycles. The van der Waals surface area contributed by atoms with Gasteiger partial charge in [-0.1, -0.05) is 0 Å². The van der Waals surface area contributed by atoms with E-state index in [0.717, 1.165) is 12.6 Å². The van der Waals surface area contributed by atoms with Gasteiger partial charge in [-0.2, -0.15) is 0 Å². The summed E-state index contributed by atoms with van der Waals surface area (Å²) < 4.78 is 0. The molecular formula is C7H10O5. The minimum Gasteiger partial charge on any atom is -0.388 e. The second-order valence-electron chi connectivity index (χ2n) is 1.65. The molecule has 0 aliphatic heterocycles. The topological polar surface area (TPSA) is 88.5 Å². The van der Waals surface area contributed by atoms with Crippen molar-refractivity contribution in [2.45, 2.75) is 12.8 Å². The van der Waals surface area contributed by atoms with Crippen LogP contribution in [-0.2, 0) is 19.2 Å². The second kappa shape index (κ2) is 12.3. The lowest BCUT2D eigenvalue weighted by molar-refractivity contribution is -0.131. The summed E-state index contributed by atoms with van der Waals surface area (Å²) in [6, 6.07) is 0. The Hall–Kier alpha value is -1.36. The number of Topliss-reactive ketones (excluding diaryl/α,β-unsaturated/α-hetero) is 1. The SMILES string of the molecule is O=CC(=O)CO.O=CCCC=O. The monoisotopic (exact) mass is 174 g/mol. The molecular weight excluding hydrogens is 164 g/mol. The Balaban J connectivity index is 0. The van der Waals surface area contributed by atoms with Crippen molar-refractivity contribution in [3.05, 3.63) is 0 Å². The number of rotatable bonds is 5. The molecule has 0 aliphatic carbocycles. The number of ketones is 1. The molecule has 1 N–H and O–H groups in total. The van der Waals surface area contributed by atoms with E-state index in [0.29, 0.717) is 12.8 Å². The number of carbonyl (C=O) groups is 4. The van der Waals surface area contributed by atoms with Gasteiger partial charge in [0.2, 0.25) is 5.78 Å². The van der Waals surface area contributed by atoms with Gasteiger partial charge in [-0.3, -0.25) is 9.59 Å². The standard InChI is InChI=1S/C4H6O2.C3H4O3/c5-3-1-2-4-6;4-1-3(6)2-5/h3-4H,1-2H2;1,5H,2H2. The van der Waals surface area contributed by atoms with Crippen LogP contribution in [0.15, 0.2) is 0 Å². The quantitative estimate of drug-likeness (QED) is 0.325. The average molecular weight is 174 g/mol. The molecule has 0 fully saturated rings. The lowest BCUT2D eigenvalue weighted by atomic mass is 10.4. The Morgan fingerprint density at radius 1 is 1.08 bits per heavy atom. The zero-order chi connectivity index (χ0) is 9.82. The van der Waals surface area contributed by atoms with Gasteiger partial charge in [0.15, 0.2) is 6.29 Å². The highest BCUT2D eigenvalue weighted by Crippen LogP contribution is 1.72. The van der Waals surface area contributed by atoms with Gasteiger partial charge >= 0.3 is 0 Å². The first kappa shape index (κ1) is 13.2. The molecule has 5 nitrogen and oxygen atoms in total. The maximum absolute atomic E-state index is 9.56. The van der Waals surface area contributed by atoms with E-state index in [1.54, 1.807) is 0 Å². The number of carbonyl (C=O) groups excluding carboxylic acids is 4. The van der Waals surface area contributed by atoms with E-state index < -0.39 is 12.4 Å². The van der Waals surface area contributed by atoms with Gasteiger partial charge in [-0.15, -0.1) is 0 Å². The van der Waals surface area contributed by atoms with Crippen LogP contribution in [0.2, 0.25) is 0 Å². The van der Waals surface area contributed by atoms with Gasteiger partial charge in [0.05, 0.1) is 0 Å². The third-order valence-corrected chi connectivity index (χ3v) is 0.690. The van der Waals surface area contributed by atoms with Crippen LogP contribution >= 0.6 is 0 Å². The summed E-state index contributed by atoms with van der Waals surface area (Å²) in [5.74, 6) is -0.782. The largest absolute Gasteiger partial charge is 0.388 e. The molecule has 0 radical (unpaired) electrons. The van der Waals surface area contributed by atoms with Crippen molar-refractivity contribution in [1.29, 1.82) is 0 Å². The number of hydrogen-bond acceptors (Lipinski definition) is 5. The Labute approximate surface area is 69.4 Å². The van der Waals surface area contributed by atoms with Crippen LogP contribution in [0.5, 0.6) is 0 Å². The summed E-state index contributed by atoms with van der Waals surface area (Å²) in [4.78, 5) is 37.6. The summed E-state index contributed by atoms with van der Waals surface area (Å²) >= 11 is 0. The van der Waals surface area contributed by atoms with E-state index in [1.807, 2.05) is 0 Å². The van der Waals surface area contributed by atoms with Gasteiger partial charge in [0, 0.05) is 12.8 Å². The fraction of sp³-hybridized carbons (Fsp3) is 0.429. The van der Waals surface area contributed by atoms with Crippen LogP contribution in [0, 0.1) is 0 Å². The number of unbranched alkanes of at least 4 members (excludes halogenated alkanes) is 1. The Morgan fingerprint density at radius 3 is 1.58 bits per heavy atom. The highest BCUT2D eigenvalue weighted by Gasteiger charge is 1.88. The fourth-order valence-electron chi connectivity index (χ4n) is 0.173. The Kier molecular flexibility index (Phi) is 13.6. The number of aliphatic hydroxyl groups is 1. The van der Waals surface area contributed by atoms with Crippen molar-refractivity contribution in [1.82, 2.24) is 0 Å². The molecule has 0 rings (SSSR count). The Morgan fingerprint density at radius 2 is 1.50 bits per heavy atom. The van der Waals surface area contributed by atoms with Crippen LogP contribution in [-0.4, -0.2) is 36.4 Å². The molecule has 0 amide bonds. The molecule has 0 heterocycles. The summed E-state index contributed by atoms with van der Waals surface area (Å²) in [5, 5.41) is 7.75. The second-order valence-corrected chi connectivity index (χ2v) is 1.65. The summed E-state index contributed by atoms with van der Waals surface area (Å²) in [6.45, 7) is -0.677. The molecule has 12 heavy (non-hydrogen) atoms. The van der Waals surface area contributed by atoms with Gasteiger partial charge in [-0.25, -0.2) is 0 Å². The molecule has 0 aromatic rings. The van der Waals surface area contributed by atoms with Crippen molar-refractivity contribution in [3.8, 4) is 0 Å². The van der Waals surface area contributed by atoms with E-state index in [2.05, 4.69) is 0 Å². The predicted molar refractivity (Wildman–Crippen MR) is 39.5 cm³/mol. The predicted octanol–water partition coefficient (Wildman–Crippen LogP) is -1.09. The van der Waals surface area contributed by atoms with E-state index in [9.17, 15) is 19.2 Å². The first-order valence-corrected chi connectivity index (χ1v) is 3.19. The van der Waals surface area contributed by atoms with Crippen LogP contribution in [0.25, 0.3) is 0 Å². The van der Waals surface area contributed by atoms with Crippen LogP contribution in [0.3, 0.4) is 0 Å². The van der Waals surface area contributed by atoms with Gasteiger partial charge in [-0.05, 0) is 0 Å². The van der Waals surface area contributed by atoms with Gasteiger partial charge in [0.25, 0.3) is 0 Å². The minimum absolute atomic E-state index is 0.0833. The van der Waals surface area contributed by atoms with Crippen molar-refractivity contribution in [2.75, 3.05) is 6.61 Å². The molecule has 0 aromatic heterocycles. The molecule has 0 aromatic carbocycles. The molecule has 0 saturated carbocycles. The average Bonchev–Trinajstić information content (AvgIpc) is 2.14. The number of aliphatic hydroxyl groups excluding tert-OH is 1. The normalized spacial score (nSPS) is 7.42. The lowest BCUT2D eigenvalue weighted by Crippen LogP contribution is -2.02. The zero-order valence-corrected chi connectivity index (χ0v) is 6.43. The number of aldehydes is 3. The van der Waals surface area contributed by atoms with Gasteiger partial charge in [0.1, 0.15) is 19.2 Å². The van der Waals surface area contributed by atoms with Crippen LogP contribution in [0.1, 0.15) is 12.8 Å². The smallest absolute Gasteiger partial charge is 0.220 e. The highest BCUT2D eigenvalue weighted by molar-refractivity contribution is 6.25. The maximum atomic E-state index is 9.56. The third kappa shape index (κ3) is 15.9. The summed E-state index contributed by atoms with van der Waals surface area (Å²) in [6.07, 6.45) is 2.27. The van der Waals surface area contributed by atoms with Crippen LogP contribution < -0.4 is 0 Å². The third-order valence-electron chi connectivity index (χ3n) is 0.690. The molecule has 0 unspecified atom stereocenters. The van der Waals surface area contributed by atoms with Crippen molar-refractivity contribution < 1.29 is 24.3 Å². The zero-order valence-electron chi connectivity index (χ0n) is 6.43. The van der Waals surface area contributed by atoms with Crippen molar-refractivity contribution >= 4 is 24.6 Å². The van der Waals surface area contributed by atoms with E-state index >= 15 is 0 Å². The molecule has 68 valence electrons. The molecule has 0 bridgehead atoms. The van der Waals surface area contributed by atoms with Crippen LogP contribution in [0.4, 0.5) is 0 Å².